The van der Waals surface area contributed by atoms with Gasteiger partial charge in [0.1, 0.15) is 10.6 Å². The zero-order chi connectivity index (χ0) is 20.2. The number of halogens is 1. The number of rotatable bonds is 7. The van der Waals surface area contributed by atoms with E-state index in [1.54, 1.807) is 44.2 Å². The van der Waals surface area contributed by atoms with Gasteiger partial charge in [0.2, 0.25) is 15.9 Å². The molecule has 0 aromatic heterocycles. The Bertz CT molecular complexity index is 945. The van der Waals surface area contributed by atoms with Crippen LogP contribution in [0.2, 0.25) is 5.02 Å². The first-order chi connectivity index (χ1) is 12.7. The number of hydrogen-bond donors (Lipinski definition) is 1. The molecule has 0 radical (unpaired) electrons. The van der Waals surface area contributed by atoms with E-state index in [1.807, 2.05) is 6.92 Å². The lowest BCUT2D eigenvalue weighted by molar-refractivity contribution is -0.116. The van der Waals surface area contributed by atoms with Crippen molar-refractivity contribution in [3.63, 3.8) is 0 Å². The molecule has 0 fully saturated rings. The van der Waals surface area contributed by atoms with E-state index < -0.39 is 15.9 Å². The minimum atomic E-state index is -3.90. The molecule has 1 N–H and O–H groups in total. The minimum Gasteiger partial charge on any atom is -0.495 e. The number of carbonyl (C=O) groups excluding carboxylic acids is 1. The summed E-state index contributed by atoms with van der Waals surface area (Å²) >= 11 is 6.06. The van der Waals surface area contributed by atoms with Gasteiger partial charge in [0.05, 0.1) is 13.7 Å². The zero-order valence-corrected chi connectivity index (χ0v) is 17.3. The number of nitrogens with one attached hydrogen (secondary N) is 1. The van der Waals surface area contributed by atoms with E-state index in [0.29, 0.717) is 10.7 Å². The van der Waals surface area contributed by atoms with E-state index in [2.05, 4.69) is 5.32 Å². The van der Waals surface area contributed by atoms with E-state index in [-0.39, 0.29) is 23.7 Å². The summed E-state index contributed by atoms with van der Waals surface area (Å²) in [5, 5.41) is 3.20. The van der Waals surface area contributed by atoms with E-state index in [9.17, 15) is 13.2 Å². The Morgan fingerprint density at radius 1 is 1.19 bits per heavy atom. The number of anilines is 1. The lowest BCUT2D eigenvalue weighted by atomic mass is 10.2. The first-order valence-corrected chi connectivity index (χ1v) is 10.2. The molecule has 1 amide bonds. The zero-order valence-electron chi connectivity index (χ0n) is 15.7. The first kappa shape index (κ1) is 21.2. The maximum atomic E-state index is 13.0. The topological polar surface area (TPSA) is 75.7 Å². The standard InChI is InChI=1S/C19H23ClN2O4S/c1-5-22(12-19(23)21-15-8-7-14(3)16(20)11-15)27(24,25)18-10-13(2)6-9-17(18)26-4/h6-11H,5,12H2,1-4H3,(H,21,23). The highest BCUT2D eigenvalue weighted by Gasteiger charge is 2.28. The van der Waals surface area contributed by atoms with Crippen molar-refractivity contribution in [3.8, 4) is 5.75 Å². The highest BCUT2D eigenvalue weighted by Crippen LogP contribution is 2.28. The third-order valence-electron chi connectivity index (χ3n) is 4.07. The fraction of sp³-hybridized carbons (Fsp3) is 0.316. The quantitative estimate of drug-likeness (QED) is 0.756. The Hall–Kier alpha value is -2.09. The normalized spacial score (nSPS) is 11.5. The molecule has 2 aromatic carbocycles. The number of benzene rings is 2. The molecule has 2 aromatic rings. The molecular formula is C19H23ClN2O4S. The average Bonchev–Trinajstić information content (AvgIpc) is 2.62. The van der Waals surface area contributed by atoms with Crippen LogP contribution in [-0.2, 0) is 14.8 Å². The van der Waals surface area contributed by atoms with Crippen molar-refractivity contribution in [1.82, 2.24) is 4.31 Å². The van der Waals surface area contributed by atoms with E-state index in [0.717, 1.165) is 15.4 Å². The van der Waals surface area contributed by atoms with E-state index in [4.69, 9.17) is 16.3 Å². The minimum absolute atomic E-state index is 0.0398. The highest BCUT2D eigenvalue weighted by molar-refractivity contribution is 7.89. The lowest BCUT2D eigenvalue weighted by Gasteiger charge is -2.21. The van der Waals surface area contributed by atoms with Gasteiger partial charge in [-0.05, 0) is 49.2 Å². The molecule has 0 saturated heterocycles. The van der Waals surface area contributed by atoms with Gasteiger partial charge in [-0.3, -0.25) is 4.79 Å². The first-order valence-electron chi connectivity index (χ1n) is 8.39. The molecule has 27 heavy (non-hydrogen) atoms. The van der Waals surface area contributed by atoms with Gasteiger partial charge in [-0.15, -0.1) is 0 Å². The lowest BCUT2D eigenvalue weighted by Crippen LogP contribution is -2.38. The Labute approximate surface area is 165 Å². The number of sulfonamides is 1. The number of aryl methyl sites for hydroxylation is 2. The largest absolute Gasteiger partial charge is 0.495 e. The van der Waals surface area contributed by atoms with Crippen LogP contribution in [0.1, 0.15) is 18.1 Å². The fourth-order valence-corrected chi connectivity index (χ4v) is 4.35. The molecule has 2 rings (SSSR count). The maximum Gasteiger partial charge on any atom is 0.247 e. The monoisotopic (exact) mass is 410 g/mol. The molecule has 0 aliphatic carbocycles. The number of hydrogen-bond acceptors (Lipinski definition) is 4. The van der Waals surface area contributed by atoms with Crippen molar-refractivity contribution in [2.24, 2.45) is 0 Å². The van der Waals surface area contributed by atoms with Crippen molar-refractivity contribution < 1.29 is 17.9 Å². The van der Waals surface area contributed by atoms with Gasteiger partial charge in [0, 0.05) is 17.3 Å². The summed E-state index contributed by atoms with van der Waals surface area (Å²) in [5.74, 6) is -0.211. The molecule has 0 aliphatic rings. The van der Waals surface area contributed by atoms with Crippen LogP contribution >= 0.6 is 11.6 Å². The second-order valence-electron chi connectivity index (χ2n) is 6.10. The number of methoxy groups -OCH3 is 1. The molecule has 0 aliphatic heterocycles. The number of carbonyl (C=O) groups is 1. The predicted octanol–water partition coefficient (Wildman–Crippen LogP) is 3.61. The van der Waals surface area contributed by atoms with Gasteiger partial charge < -0.3 is 10.1 Å². The number of amides is 1. The molecule has 0 atom stereocenters. The molecule has 0 heterocycles. The molecule has 0 spiro atoms. The van der Waals surface area contributed by atoms with Crippen LogP contribution in [0.3, 0.4) is 0 Å². The summed E-state index contributed by atoms with van der Waals surface area (Å²) in [4.78, 5) is 12.4. The summed E-state index contributed by atoms with van der Waals surface area (Å²) in [7, 11) is -2.49. The van der Waals surface area contributed by atoms with Crippen LogP contribution in [0.5, 0.6) is 5.75 Å². The van der Waals surface area contributed by atoms with Crippen molar-refractivity contribution in [3.05, 3.63) is 52.5 Å². The highest BCUT2D eigenvalue weighted by atomic mass is 35.5. The molecule has 8 heteroatoms. The van der Waals surface area contributed by atoms with Crippen LogP contribution in [-0.4, -0.2) is 38.8 Å². The van der Waals surface area contributed by atoms with E-state index in [1.165, 1.54) is 13.2 Å². The molecule has 0 saturated carbocycles. The summed E-state index contributed by atoms with van der Waals surface area (Å²) in [6.45, 7) is 5.15. The number of ether oxygens (including phenoxy) is 1. The fourth-order valence-electron chi connectivity index (χ4n) is 2.52. The van der Waals surface area contributed by atoms with Crippen molar-refractivity contribution in [1.29, 1.82) is 0 Å². The molecule has 0 bridgehead atoms. The van der Waals surface area contributed by atoms with Gasteiger partial charge >= 0.3 is 0 Å². The van der Waals surface area contributed by atoms with Gasteiger partial charge in [-0.25, -0.2) is 8.42 Å². The summed E-state index contributed by atoms with van der Waals surface area (Å²) < 4.78 is 32.3. The van der Waals surface area contributed by atoms with Gasteiger partial charge in [0.15, 0.2) is 0 Å². The molecule has 6 nitrogen and oxygen atoms in total. The smallest absolute Gasteiger partial charge is 0.247 e. The summed E-state index contributed by atoms with van der Waals surface area (Å²) in [5.41, 5.74) is 2.18. The van der Waals surface area contributed by atoms with Gasteiger partial charge in [0.25, 0.3) is 0 Å². The van der Waals surface area contributed by atoms with Gasteiger partial charge in [-0.1, -0.05) is 30.7 Å². The van der Waals surface area contributed by atoms with E-state index >= 15 is 0 Å². The Kier molecular flexibility index (Phi) is 6.86. The Balaban J connectivity index is 2.23. The van der Waals surface area contributed by atoms with Crippen LogP contribution in [0.4, 0.5) is 5.69 Å². The van der Waals surface area contributed by atoms with Crippen LogP contribution < -0.4 is 10.1 Å². The van der Waals surface area contributed by atoms with Crippen LogP contribution in [0, 0.1) is 13.8 Å². The average molecular weight is 411 g/mol. The second kappa shape index (κ2) is 8.73. The SMILES string of the molecule is CCN(CC(=O)Nc1ccc(C)c(Cl)c1)S(=O)(=O)c1cc(C)ccc1OC. The molecular weight excluding hydrogens is 388 g/mol. The third kappa shape index (κ3) is 5.00. The molecule has 146 valence electrons. The predicted molar refractivity (Wildman–Crippen MR) is 107 cm³/mol. The van der Waals surface area contributed by atoms with Crippen LogP contribution in [0.25, 0.3) is 0 Å². The Morgan fingerprint density at radius 3 is 2.48 bits per heavy atom. The number of likely N-dealkylation sites (N-methyl/N-ethyl adjacent to an activating group) is 1. The summed E-state index contributed by atoms with van der Waals surface area (Å²) in [6, 6.07) is 10.0. The van der Waals surface area contributed by atoms with Crippen molar-refractivity contribution >= 4 is 33.2 Å². The second-order valence-corrected chi connectivity index (χ2v) is 8.41. The maximum absolute atomic E-state index is 13.0. The van der Waals surface area contributed by atoms with Crippen molar-refractivity contribution in [2.45, 2.75) is 25.7 Å². The summed E-state index contributed by atoms with van der Waals surface area (Å²) in [6.07, 6.45) is 0. The third-order valence-corrected chi connectivity index (χ3v) is 6.41. The number of nitrogens with zero attached hydrogens (tertiary/aromatic N) is 1. The van der Waals surface area contributed by atoms with Crippen LogP contribution in [0.15, 0.2) is 41.3 Å². The Morgan fingerprint density at radius 2 is 1.89 bits per heavy atom. The van der Waals surface area contributed by atoms with Crippen molar-refractivity contribution in [2.75, 3.05) is 25.5 Å². The van der Waals surface area contributed by atoms with Gasteiger partial charge in [-0.2, -0.15) is 4.31 Å². The molecule has 0 unspecified atom stereocenters.